The Kier molecular flexibility index (Phi) is 6.38. The maximum atomic E-state index is 5.81. The molecule has 0 aliphatic heterocycles. The third-order valence-electron chi connectivity index (χ3n) is 5.50. The lowest BCUT2D eigenvalue weighted by Gasteiger charge is -2.23. The van der Waals surface area contributed by atoms with E-state index in [4.69, 9.17) is 20.4 Å². The number of fused-ring (bicyclic) bond motifs is 1. The number of ether oxygens (including phenoxy) is 1. The van der Waals surface area contributed by atoms with Crippen LogP contribution in [-0.2, 0) is 6.54 Å². The molecular formula is C23H32N6O. The van der Waals surface area contributed by atoms with Gasteiger partial charge in [-0.2, -0.15) is 0 Å². The van der Waals surface area contributed by atoms with Crippen molar-refractivity contribution >= 4 is 28.6 Å². The van der Waals surface area contributed by atoms with E-state index in [1.807, 2.05) is 24.3 Å². The van der Waals surface area contributed by atoms with Crippen LogP contribution in [0.1, 0.15) is 32.6 Å². The van der Waals surface area contributed by atoms with Gasteiger partial charge in [-0.1, -0.05) is 6.92 Å². The highest BCUT2D eigenvalue weighted by atomic mass is 16.5. The van der Waals surface area contributed by atoms with E-state index in [-0.39, 0.29) is 0 Å². The molecule has 4 rings (SSSR count). The number of benzene rings is 1. The molecule has 0 bridgehead atoms. The number of pyridine rings is 1. The Balaban J connectivity index is 1.66. The number of methoxy groups -OCH3 is 1. The van der Waals surface area contributed by atoms with Crippen molar-refractivity contribution in [3.05, 3.63) is 36.4 Å². The molecule has 1 fully saturated rings. The predicted octanol–water partition coefficient (Wildman–Crippen LogP) is 4.16. The molecular weight excluding hydrogens is 376 g/mol. The van der Waals surface area contributed by atoms with Crippen LogP contribution in [0.2, 0.25) is 0 Å². The second-order valence-corrected chi connectivity index (χ2v) is 7.98. The summed E-state index contributed by atoms with van der Waals surface area (Å²) in [6.07, 6.45) is 4.66. The molecule has 7 nitrogen and oxygen atoms in total. The molecule has 30 heavy (non-hydrogen) atoms. The van der Waals surface area contributed by atoms with Crippen molar-refractivity contribution in [1.82, 2.24) is 14.5 Å². The van der Waals surface area contributed by atoms with Crippen molar-refractivity contribution in [3.8, 4) is 5.75 Å². The minimum absolute atomic E-state index is 0.630. The van der Waals surface area contributed by atoms with E-state index in [1.165, 1.54) is 12.8 Å². The molecule has 3 N–H and O–H groups in total. The van der Waals surface area contributed by atoms with Gasteiger partial charge >= 0.3 is 0 Å². The number of rotatable bonds is 11. The summed E-state index contributed by atoms with van der Waals surface area (Å²) in [6, 6.07) is 12.0. The van der Waals surface area contributed by atoms with Gasteiger partial charge in [0.15, 0.2) is 5.65 Å². The molecule has 0 amide bonds. The van der Waals surface area contributed by atoms with Gasteiger partial charge in [0.05, 0.1) is 7.11 Å². The number of nitrogens with two attached hydrogens (primary N) is 1. The summed E-state index contributed by atoms with van der Waals surface area (Å²) in [4.78, 5) is 12.3. The normalized spacial score (nSPS) is 13.6. The molecule has 0 spiro atoms. The Morgan fingerprint density at radius 2 is 1.97 bits per heavy atom. The van der Waals surface area contributed by atoms with Crippen molar-refractivity contribution in [2.24, 2.45) is 11.7 Å². The third kappa shape index (κ3) is 4.67. The number of hydrogen-bond donors (Lipinski definition) is 2. The molecule has 0 radical (unpaired) electrons. The van der Waals surface area contributed by atoms with Crippen LogP contribution in [0.25, 0.3) is 11.2 Å². The number of aromatic nitrogens is 3. The molecule has 0 atom stereocenters. The highest BCUT2D eigenvalue weighted by Gasteiger charge is 2.25. The van der Waals surface area contributed by atoms with Gasteiger partial charge in [-0.3, -0.25) is 4.57 Å². The van der Waals surface area contributed by atoms with Crippen LogP contribution in [0.4, 0.5) is 17.5 Å². The number of nitrogens with one attached hydrogen (secondary N) is 1. The van der Waals surface area contributed by atoms with Crippen molar-refractivity contribution < 1.29 is 4.74 Å². The molecule has 0 unspecified atom stereocenters. The van der Waals surface area contributed by atoms with Gasteiger partial charge in [-0.05, 0) is 74.5 Å². The van der Waals surface area contributed by atoms with Crippen LogP contribution in [0, 0.1) is 5.92 Å². The summed E-state index contributed by atoms with van der Waals surface area (Å²) in [6.45, 7) is 5.76. The number of nitrogens with zero attached hydrogens (tertiary/aromatic N) is 4. The topological polar surface area (TPSA) is 81.2 Å². The van der Waals surface area contributed by atoms with E-state index in [9.17, 15) is 0 Å². The standard InChI is InChI=1S/C23H32N6O/c1-3-14-28(16-17-5-6-17)21-12-11-20-22(27-21)29(15-4-13-24)23(26-20)25-18-7-9-19(30-2)10-8-18/h7-12,17H,3-6,13-16,24H2,1-2H3,(H,25,26). The Morgan fingerprint density at radius 1 is 1.17 bits per heavy atom. The zero-order valence-electron chi connectivity index (χ0n) is 18.0. The Morgan fingerprint density at radius 3 is 2.63 bits per heavy atom. The molecule has 1 saturated carbocycles. The van der Waals surface area contributed by atoms with Crippen LogP contribution in [0.15, 0.2) is 36.4 Å². The second kappa shape index (κ2) is 9.34. The van der Waals surface area contributed by atoms with E-state index >= 15 is 0 Å². The fourth-order valence-electron chi connectivity index (χ4n) is 3.71. The first-order valence-corrected chi connectivity index (χ1v) is 10.9. The van der Waals surface area contributed by atoms with E-state index in [0.29, 0.717) is 6.54 Å². The van der Waals surface area contributed by atoms with Crippen LogP contribution in [0.5, 0.6) is 5.75 Å². The van der Waals surface area contributed by atoms with E-state index in [1.54, 1.807) is 7.11 Å². The van der Waals surface area contributed by atoms with Crippen LogP contribution in [-0.4, -0.2) is 41.3 Å². The molecule has 7 heteroatoms. The number of aryl methyl sites for hydroxylation is 1. The predicted molar refractivity (Wildman–Crippen MR) is 123 cm³/mol. The minimum Gasteiger partial charge on any atom is -0.497 e. The largest absolute Gasteiger partial charge is 0.497 e. The fourth-order valence-corrected chi connectivity index (χ4v) is 3.71. The monoisotopic (exact) mass is 408 g/mol. The van der Waals surface area contributed by atoms with Gasteiger partial charge in [0.2, 0.25) is 5.95 Å². The van der Waals surface area contributed by atoms with Gasteiger partial charge in [0.25, 0.3) is 0 Å². The van der Waals surface area contributed by atoms with Gasteiger partial charge in [0, 0.05) is 25.3 Å². The molecule has 1 aliphatic rings. The van der Waals surface area contributed by atoms with Crippen LogP contribution < -0.4 is 20.7 Å². The van der Waals surface area contributed by atoms with Gasteiger partial charge in [0.1, 0.15) is 17.1 Å². The SMILES string of the molecule is CCCN(CC1CC1)c1ccc2nc(Nc3ccc(OC)cc3)n(CCCN)c2n1. The van der Waals surface area contributed by atoms with Gasteiger partial charge in [-0.15, -0.1) is 0 Å². The summed E-state index contributed by atoms with van der Waals surface area (Å²) >= 11 is 0. The van der Waals surface area contributed by atoms with Crippen molar-refractivity contribution in [2.75, 3.05) is 37.0 Å². The maximum absolute atomic E-state index is 5.81. The molecule has 1 aliphatic carbocycles. The quantitative estimate of drug-likeness (QED) is 0.496. The Hall–Kier alpha value is -2.80. The first-order valence-electron chi connectivity index (χ1n) is 10.9. The lowest BCUT2D eigenvalue weighted by molar-refractivity contribution is 0.415. The zero-order valence-corrected chi connectivity index (χ0v) is 18.0. The lowest BCUT2D eigenvalue weighted by atomic mass is 10.3. The molecule has 1 aromatic carbocycles. The lowest BCUT2D eigenvalue weighted by Crippen LogP contribution is -2.27. The molecule has 3 aromatic rings. The van der Waals surface area contributed by atoms with E-state index < -0.39 is 0 Å². The average Bonchev–Trinajstić information content (AvgIpc) is 3.52. The van der Waals surface area contributed by atoms with Gasteiger partial charge < -0.3 is 20.7 Å². The van der Waals surface area contributed by atoms with E-state index in [2.05, 4.69) is 33.8 Å². The first kappa shape index (κ1) is 20.5. The summed E-state index contributed by atoms with van der Waals surface area (Å²) in [5.41, 5.74) is 8.58. The molecule has 160 valence electrons. The molecule has 2 aromatic heterocycles. The average molecular weight is 409 g/mol. The Labute approximate surface area is 178 Å². The van der Waals surface area contributed by atoms with Crippen LogP contribution in [0.3, 0.4) is 0 Å². The van der Waals surface area contributed by atoms with Crippen LogP contribution >= 0.6 is 0 Å². The fraction of sp³-hybridized carbons (Fsp3) is 0.478. The maximum Gasteiger partial charge on any atom is 0.209 e. The highest BCUT2D eigenvalue weighted by molar-refractivity contribution is 5.78. The zero-order chi connectivity index (χ0) is 20.9. The highest BCUT2D eigenvalue weighted by Crippen LogP contribution is 2.32. The second-order valence-electron chi connectivity index (χ2n) is 7.98. The van der Waals surface area contributed by atoms with Crippen molar-refractivity contribution in [3.63, 3.8) is 0 Å². The number of imidazole rings is 1. The van der Waals surface area contributed by atoms with Crippen molar-refractivity contribution in [2.45, 2.75) is 39.2 Å². The third-order valence-corrected chi connectivity index (χ3v) is 5.50. The smallest absolute Gasteiger partial charge is 0.209 e. The van der Waals surface area contributed by atoms with E-state index in [0.717, 1.165) is 72.8 Å². The molecule has 0 saturated heterocycles. The van der Waals surface area contributed by atoms with Gasteiger partial charge in [-0.25, -0.2) is 9.97 Å². The summed E-state index contributed by atoms with van der Waals surface area (Å²) in [7, 11) is 1.67. The summed E-state index contributed by atoms with van der Waals surface area (Å²) < 4.78 is 7.40. The minimum atomic E-state index is 0.630. The summed E-state index contributed by atoms with van der Waals surface area (Å²) in [5.74, 6) is 3.48. The van der Waals surface area contributed by atoms with Crippen molar-refractivity contribution in [1.29, 1.82) is 0 Å². The Bertz CT molecular complexity index is 964. The first-order chi connectivity index (χ1) is 14.7. The molecule has 2 heterocycles. The summed E-state index contributed by atoms with van der Waals surface area (Å²) in [5, 5.41) is 3.44. The number of hydrogen-bond acceptors (Lipinski definition) is 6. The number of anilines is 3.